The lowest BCUT2D eigenvalue weighted by atomic mass is 10.2. The molecule has 4 rings (SSSR count). The predicted octanol–water partition coefficient (Wildman–Crippen LogP) is 1.58. The van der Waals surface area contributed by atoms with Gasteiger partial charge in [-0.2, -0.15) is 0 Å². The number of rotatable bonds is 2. The van der Waals surface area contributed by atoms with Gasteiger partial charge >= 0.3 is 0 Å². The summed E-state index contributed by atoms with van der Waals surface area (Å²) in [5, 5.41) is 7.93. The highest BCUT2D eigenvalue weighted by Gasteiger charge is 2.25. The maximum absolute atomic E-state index is 12.5. The summed E-state index contributed by atoms with van der Waals surface area (Å²) >= 11 is 5.34. The van der Waals surface area contributed by atoms with Crippen molar-refractivity contribution in [1.82, 2.24) is 29.3 Å². The zero-order valence-electron chi connectivity index (χ0n) is 13.2. The summed E-state index contributed by atoms with van der Waals surface area (Å²) in [6, 6.07) is 8.68. The summed E-state index contributed by atoms with van der Waals surface area (Å²) in [4.78, 5) is 31.0. The molecule has 126 valence electrons. The van der Waals surface area contributed by atoms with Crippen molar-refractivity contribution in [3.8, 4) is 0 Å². The van der Waals surface area contributed by atoms with Crippen molar-refractivity contribution in [2.45, 2.75) is 12.8 Å². The van der Waals surface area contributed by atoms with Crippen molar-refractivity contribution in [2.75, 3.05) is 13.1 Å². The maximum atomic E-state index is 12.5. The Hall–Kier alpha value is -2.94. The van der Waals surface area contributed by atoms with E-state index >= 15 is 0 Å². The summed E-state index contributed by atoms with van der Waals surface area (Å²) in [5.74, 6) is -0.572. The van der Waals surface area contributed by atoms with Gasteiger partial charge in [-0.05, 0) is 37.2 Å². The molecular weight excluding hydrogens is 340 g/mol. The highest BCUT2D eigenvalue weighted by molar-refractivity contribution is 7.71. The fraction of sp³-hybridized carbons (Fsp3) is 0.250. The molecule has 1 fully saturated rings. The van der Waals surface area contributed by atoms with E-state index in [0.717, 1.165) is 17.5 Å². The lowest BCUT2D eigenvalue weighted by molar-refractivity contribution is 0.0789. The van der Waals surface area contributed by atoms with E-state index in [2.05, 4.69) is 15.3 Å². The number of likely N-dealkylation sites (tertiary alicyclic amines) is 1. The van der Waals surface area contributed by atoms with Crippen LogP contribution in [0.2, 0.25) is 0 Å². The summed E-state index contributed by atoms with van der Waals surface area (Å²) in [6.07, 6.45) is 3.38. The largest absolute Gasteiger partial charge is 0.337 e. The first-order valence-electron chi connectivity index (χ1n) is 7.89. The lowest BCUT2D eigenvalue weighted by Gasteiger charge is -2.13. The molecule has 1 amide bonds. The van der Waals surface area contributed by atoms with Crippen molar-refractivity contribution < 1.29 is 9.59 Å². The summed E-state index contributed by atoms with van der Waals surface area (Å²) in [7, 11) is 0. The first-order chi connectivity index (χ1) is 12.2. The number of hydrogen-bond acceptors (Lipinski definition) is 6. The Morgan fingerprint density at radius 3 is 2.48 bits per heavy atom. The molecule has 0 unspecified atom stereocenters. The van der Waals surface area contributed by atoms with E-state index in [1.54, 1.807) is 29.2 Å². The van der Waals surface area contributed by atoms with Gasteiger partial charge in [0.1, 0.15) is 6.33 Å². The Kier molecular flexibility index (Phi) is 3.85. The number of hydrogen-bond donors (Lipinski definition) is 0. The second kappa shape index (κ2) is 6.17. The van der Waals surface area contributed by atoms with Crippen LogP contribution in [0.5, 0.6) is 0 Å². The molecule has 0 atom stereocenters. The molecule has 3 heterocycles. The lowest BCUT2D eigenvalue weighted by Crippen LogP contribution is -2.28. The van der Waals surface area contributed by atoms with Crippen LogP contribution in [0, 0.1) is 4.77 Å². The predicted molar refractivity (Wildman–Crippen MR) is 90.9 cm³/mol. The van der Waals surface area contributed by atoms with Crippen molar-refractivity contribution in [1.29, 1.82) is 0 Å². The van der Waals surface area contributed by atoms with Crippen molar-refractivity contribution >= 4 is 29.7 Å². The highest BCUT2D eigenvalue weighted by atomic mass is 32.1. The Balaban J connectivity index is 1.76. The van der Waals surface area contributed by atoms with Crippen LogP contribution in [-0.4, -0.2) is 54.2 Å². The van der Waals surface area contributed by atoms with Crippen LogP contribution < -0.4 is 0 Å². The number of aromatic nitrogens is 5. The van der Waals surface area contributed by atoms with Gasteiger partial charge in [-0.3, -0.25) is 14.0 Å². The number of amides is 1. The fourth-order valence-corrected chi connectivity index (χ4v) is 3.11. The van der Waals surface area contributed by atoms with Gasteiger partial charge in [0.25, 0.3) is 11.8 Å². The Labute approximate surface area is 147 Å². The minimum atomic E-state index is -0.388. The van der Waals surface area contributed by atoms with Gasteiger partial charge in [0.15, 0.2) is 11.3 Å². The number of carbonyl (C=O) groups excluding carboxylic acids is 2. The number of carbonyl (C=O) groups is 2. The van der Waals surface area contributed by atoms with Crippen LogP contribution >= 0.6 is 12.2 Å². The highest BCUT2D eigenvalue weighted by Crippen LogP contribution is 2.15. The molecular formula is C16H14N6O2S. The van der Waals surface area contributed by atoms with Gasteiger partial charge in [-0.1, -0.05) is 23.4 Å². The van der Waals surface area contributed by atoms with Crippen LogP contribution in [0.1, 0.15) is 33.7 Å². The van der Waals surface area contributed by atoms with Crippen molar-refractivity contribution in [2.24, 2.45) is 0 Å². The Morgan fingerprint density at radius 1 is 1.04 bits per heavy atom. The van der Waals surface area contributed by atoms with Gasteiger partial charge < -0.3 is 4.90 Å². The topological polar surface area (TPSA) is 85.4 Å². The van der Waals surface area contributed by atoms with Crippen LogP contribution in [-0.2, 0) is 0 Å². The van der Waals surface area contributed by atoms with Crippen LogP contribution in [0.3, 0.4) is 0 Å². The average Bonchev–Trinajstić information content (AvgIpc) is 3.32. The summed E-state index contributed by atoms with van der Waals surface area (Å²) in [6.45, 7) is 1.43. The molecule has 0 spiro atoms. The zero-order chi connectivity index (χ0) is 17.4. The molecule has 1 aliphatic heterocycles. The monoisotopic (exact) mass is 354 g/mol. The molecule has 0 N–H and O–H groups in total. The van der Waals surface area contributed by atoms with Crippen molar-refractivity contribution in [3.63, 3.8) is 0 Å². The summed E-state index contributed by atoms with van der Waals surface area (Å²) in [5.41, 5.74) is 0.916. The second-order valence-electron chi connectivity index (χ2n) is 5.74. The van der Waals surface area contributed by atoms with Gasteiger partial charge in [-0.25, -0.2) is 4.98 Å². The molecule has 0 saturated carbocycles. The smallest absolute Gasteiger partial charge is 0.282 e. The number of benzene rings is 1. The zero-order valence-corrected chi connectivity index (χ0v) is 14.0. The normalized spacial score (nSPS) is 14.2. The molecule has 1 saturated heterocycles. The van der Waals surface area contributed by atoms with Crippen LogP contribution in [0.15, 0.2) is 36.7 Å². The van der Waals surface area contributed by atoms with E-state index < -0.39 is 0 Å². The van der Waals surface area contributed by atoms with Gasteiger partial charge in [0, 0.05) is 18.7 Å². The van der Waals surface area contributed by atoms with Gasteiger partial charge in [0.2, 0.25) is 4.77 Å². The molecule has 1 aromatic carbocycles. The molecule has 0 bridgehead atoms. The fourth-order valence-electron chi connectivity index (χ4n) is 2.86. The third-order valence-electron chi connectivity index (χ3n) is 4.17. The molecule has 3 aromatic rings. The maximum Gasteiger partial charge on any atom is 0.282 e. The van der Waals surface area contributed by atoms with E-state index in [4.69, 9.17) is 12.2 Å². The quantitative estimate of drug-likeness (QED) is 0.650. The third-order valence-corrected chi connectivity index (χ3v) is 4.54. The van der Waals surface area contributed by atoms with E-state index in [1.165, 1.54) is 10.7 Å². The second-order valence-corrected chi connectivity index (χ2v) is 6.11. The van der Waals surface area contributed by atoms with Crippen LogP contribution in [0.25, 0.3) is 5.65 Å². The Morgan fingerprint density at radius 2 is 1.76 bits per heavy atom. The number of imidazole rings is 1. The van der Waals surface area contributed by atoms with E-state index in [-0.39, 0.29) is 27.9 Å². The average molecular weight is 354 g/mol. The van der Waals surface area contributed by atoms with Gasteiger partial charge in [0.05, 0.1) is 0 Å². The Bertz CT molecular complexity index is 1020. The minimum Gasteiger partial charge on any atom is -0.337 e. The first-order valence-corrected chi connectivity index (χ1v) is 8.30. The standard InChI is InChI=1S/C16H14N6O2S/c23-14(11-6-2-1-3-7-11)22-16(25)21-10-17-12(13(21)18-19-22)15(24)20-8-4-5-9-20/h1-3,6-7,10H,4-5,8-9H2. The molecule has 0 radical (unpaired) electrons. The first kappa shape index (κ1) is 15.6. The molecule has 1 aliphatic rings. The van der Waals surface area contributed by atoms with Crippen LogP contribution in [0.4, 0.5) is 0 Å². The molecule has 8 nitrogen and oxygen atoms in total. The number of fused-ring (bicyclic) bond motifs is 1. The van der Waals surface area contributed by atoms with Crippen molar-refractivity contribution in [3.05, 3.63) is 52.7 Å². The van der Waals surface area contributed by atoms with Gasteiger partial charge in [-0.15, -0.1) is 9.78 Å². The SMILES string of the molecule is O=C(c1ncn2c(=S)n(C(=O)c3ccccc3)nnc12)N1CCCC1. The molecule has 25 heavy (non-hydrogen) atoms. The van der Waals surface area contributed by atoms with E-state index in [1.807, 2.05) is 6.07 Å². The van der Waals surface area contributed by atoms with E-state index in [0.29, 0.717) is 18.7 Å². The number of nitrogens with zero attached hydrogens (tertiary/aromatic N) is 6. The summed E-state index contributed by atoms with van der Waals surface area (Å²) < 4.78 is 2.59. The molecule has 2 aromatic heterocycles. The molecule has 9 heteroatoms. The van der Waals surface area contributed by atoms with E-state index in [9.17, 15) is 9.59 Å². The minimum absolute atomic E-state index is 0.117. The molecule has 0 aliphatic carbocycles. The third kappa shape index (κ3) is 2.62.